The number of halogens is 1. The van der Waals surface area contributed by atoms with Crippen molar-refractivity contribution < 1.29 is 14.3 Å². The second-order valence-corrected chi connectivity index (χ2v) is 7.91. The molecule has 0 unspecified atom stereocenters. The van der Waals surface area contributed by atoms with Crippen LogP contribution in [0.3, 0.4) is 0 Å². The Morgan fingerprint density at radius 3 is 2.62 bits per heavy atom. The van der Waals surface area contributed by atoms with Gasteiger partial charge in [-0.1, -0.05) is 41.4 Å². The zero-order chi connectivity index (χ0) is 22.2. The van der Waals surface area contributed by atoms with Crippen molar-refractivity contribution in [2.75, 3.05) is 7.11 Å². The fourth-order valence-electron chi connectivity index (χ4n) is 3.69. The van der Waals surface area contributed by atoms with Gasteiger partial charge in [-0.15, -0.1) is 0 Å². The van der Waals surface area contributed by atoms with Gasteiger partial charge in [-0.25, -0.2) is 4.68 Å². The average Bonchev–Trinajstić information content (AvgIpc) is 3.36. The summed E-state index contributed by atoms with van der Waals surface area (Å²) in [6.07, 6.45) is 3.61. The number of ketones is 1. The van der Waals surface area contributed by atoms with Crippen molar-refractivity contribution in [3.63, 3.8) is 0 Å². The van der Waals surface area contributed by atoms with Crippen molar-refractivity contribution in [1.82, 2.24) is 9.78 Å². The number of benzene rings is 3. The van der Waals surface area contributed by atoms with Crippen LogP contribution >= 0.6 is 11.6 Å². The van der Waals surface area contributed by atoms with Crippen LogP contribution in [0.15, 0.2) is 78.7 Å². The molecule has 4 aromatic rings. The number of carbonyl (C=O) groups excluding carboxylic acids is 1. The molecule has 5 rings (SSSR count). The fraction of sp³-hybridized carbons (Fsp3) is 0.0769. The summed E-state index contributed by atoms with van der Waals surface area (Å²) >= 11 is 6.37. The van der Waals surface area contributed by atoms with E-state index in [-0.39, 0.29) is 11.5 Å². The second-order valence-electron chi connectivity index (χ2n) is 7.50. The molecular weight excluding hydrogens is 424 g/mol. The summed E-state index contributed by atoms with van der Waals surface area (Å²) < 4.78 is 12.9. The molecule has 0 atom stereocenters. The van der Waals surface area contributed by atoms with Crippen LogP contribution in [0, 0.1) is 6.92 Å². The minimum atomic E-state index is -0.144. The van der Waals surface area contributed by atoms with Gasteiger partial charge < -0.3 is 9.47 Å². The topological polar surface area (TPSA) is 53.4 Å². The van der Waals surface area contributed by atoms with Gasteiger partial charge in [0, 0.05) is 17.3 Å². The van der Waals surface area contributed by atoms with Gasteiger partial charge in [-0.3, -0.25) is 4.79 Å². The standard InChI is InChI=1S/C26H19ClN2O3/c1-16-8-10-22-20(12-16)26(30)24(32-22)14-18-15-29(19-6-4-3-5-7-19)28-25(18)17-9-11-23(31-2)21(27)13-17/h3-15H,1-2H3/b24-14-. The lowest BCUT2D eigenvalue weighted by Crippen LogP contribution is -1.98. The van der Waals surface area contributed by atoms with Crippen LogP contribution in [0.2, 0.25) is 5.02 Å². The SMILES string of the molecule is COc1ccc(-c2nn(-c3ccccc3)cc2/C=C2\Oc3ccc(C)cc3C2=O)cc1Cl. The predicted octanol–water partition coefficient (Wildman–Crippen LogP) is 6.13. The quantitative estimate of drug-likeness (QED) is 0.357. The number of allylic oxidation sites excluding steroid dienone is 1. The van der Waals surface area contributed by atoms with Crippen LogP contribution in [0.25, 0.3) is 23.0 Å². The number of hydrogen-bond acceptors (Lipinski definition) is 4. The Kier molecular flexibility index (Phi) is 5.04. The van der Waals surface area contributed by atoms with Gasteiger partial charge in [0.05, 0.1) is 23.4 Å². The predicted molar refractivity (Wildman–Crippen MR) is 125 cm³/mol. The Bertz CT molecular complexity index is 1370. The van der Waals surface area contributed by atoms with Crippen LogP contribution in [-0.2, 0) is 0 Å². The van der Waals surface area contributed by atoms with Crippen molar-refractivity contribution in [2.24, 2.45) is 0 Å². The number of carbonyl (C=O) groups is 1. The molecule has 32 heavy (non-hydrogen) atoms. The van der Waals surface area contributed by atoms with Gasteiger partial charge >= 0.3 is 0 Å². The summed E-state index contributed by atoms with van der Waals surface area (Å²) in [5.41, 5.74) is 4.69. The van der Waals surface area contributed by atoms with Gasteiger partial charge in [0.1, 0.15) is 17.2 Å². The lowest BCUT2D eigenvalue weighted by atomic mass is 10.0. The molecule has 0 saturated heterocycles. The minimum Gasteiger partial charge on any atom is -0.495 e. The van der Waals surface area contributed by atoms with E-state index in [1.165, 1.54) is 0 Å². The first kappa shape index (κ1) is 20.1. The highest BCUT2D eigenvalue weighted by Gasteiger charge is 2.28. The molecule has 0 amide bonds. The van der Waals surface area contributed by atoms with Gasteiger partial charge in [-0.05, 0) is 55.5 Å². The van der Waals surface area contributed by atoms with E-state index in [9.17, 15) is 4.79 Å². The Labute approximate surface area is 190 Å². The highest BCUT2D eigenvalue weighted by Crippen LogP contribution is 2.35. The van der Waals surface area contributed by atoms with E-state index >= 15 is 0 Å². The molecular formula is C26H19ClN2O3. The van der Waals surface area contributed by atoms with Gasteiger partial charge in [0.25, 0.3) is 0 Å². The lowest BCUT2D eigenvalue weighted by molar-refractivity contribution is 0.101. The molecule has 6 heteroatoms. The summed E-state index contributed by atoms with van der Waals surface area (Å²) in [6, 6.07) is 20.8. The van der Waals surface area contributed by atoms with Crippen molar-refractivity contribution >= 4 is 23.5 Å². The summed E-state index contributed by atoms with van der Waals surface area (Å²) in [5, 5.41) is 5.26. The first-order valence-electron chi connectivity index (χ1n) is 10.1. The molecule has 0 radical (unpaired) electrons. The largest absolute Gasteiger partial charge is 0.495 e. The highest BCUT2D eigenvalue weighted by molar-refractivity contribution is 6.32. The summed E-state index contributed by atoms with van der Waals surface area (Å²) in [7, 11) is 1.57. The first-order chi connectivity index (χ1) is 15.5. The number of Topliss-reactive ketones (excluding diaryl/α,β-unsaturated/α-hetero) is 1. The van der Waals surface area contributed by atoms with E-state index in [0.717, 1.165) is 22.4 Å². The molecule has 1 aliphatic rings. The third-order valence-corrected chi connectivity index (χ3v) is 5.59. The molecule has 0 saturated carbocycles. The van der Waals surface area contributed by atoms with E-state index in [1.807, 2.05) is 67.7 Å². The first-order valence-corrected chi connectivity index (χ1v) is 10.4. The van der Waals surface area contributed by atoms with Crippen molar-refractivity contribution in [3.8, 4) is 28.4 Å². The van der Waals surface area contributed by atoms with Gasteiger partial charge in [-0.2, -0.15) is 5.10 Å². The molecule has 1 aliphatic heterocycles. The highest BCUT2D eigenvalue weighted by atomic mass is 35.5. The smallest absolute Gasteiger partial charge is 0.231 e. The maximum Gasteiger partial charge on any atom is 0.231 e. The van der Waals surface area contributed by atoms with Gasteiger partial charge in [0.15, 0.2) is 5.76 Å². The molecule has 0 aliphatic carbocycles. The van der Waals surface area contributed by atoms with Gasteiger partial charge in [0.2, 0.25) is 5.78 Å². The Morgan fingerprint density at radius 2 is 1.88 bits per heavy atom. The second kappa shape index (κ2) is 8.02. The molecule has 0 bridgehead atoms. The van der Waals surface area contributed by atoms with Crippen molar-refractivity contribution in [1.29, 1.82) is 0 Å². The molecule has 158 valence electrons. The Balaban J connectivity index is 1.63. The zero-order valence-electron chi connectivity index (χ0n) is 17.5. The van der Waals surface area contributed by atoms with Crippen LogP contribution in [0.4, 0.5) is 0 Å². The summed E-state index contributed by atoms with van der Waals surface area (Å²) in [5.74, 6) is 1.27. The summed E-state index contributed by atoms with van der Waals surface area (Å²) in [6.45, 7) is 1.95. The molecule has 0 N–H and O–H groups in total. The third kappa shape index (κ3) is 3.57. The molecule has 5 nitrogen and oxygen atoms in total. The van der Waals surface area contributed by atoms with E-state index in [1.54, 1.807) is 30.0 Å². The number of fused-ring (bicyclic) bond motifs is 1. The molecule has 1 aromatic heterocycles. The van der Waals surface area contributed by atoms with Crippen LogP contribution < -0.4 is 9.47 Å². The van der Waals surface area contributed by atoms with Crippen LogP contribution in [0.1, 0.15) is 21.5 Å². The number of para-hydroxylation sites is 1. The normalized spacial score (nSPS) is 13.8. The molecule has 0 fully saturated rings. The van der Waals surface area contributed by atoms with E-state index in [0.29, 0.717) is 27.8 Å². The number of methoxy groups -OCH3 is 1. The zero-order valence-corrected chi connectivity index (χ0v) is 18.3. The van der Waals surface area contributed by atoms with E-state index in [4.69, 9.17) is 26.2 Å². The maximum absolute atomic E-state index is 13.0. The number of aryl methyl sites for hydroxylation is 1. The number of aromatic nitrogens is 2. The van der Waals surface area contributed by atoms with Crippen molar-refractivity contribution in [2.45, 2.75) is 6.92 Å². The number of rotatable bonds is 4. The lowest BCUT2D eigenvalue weighted by Gasteiger charge is -2.05. The van der Waals surface area contributed by atoms with E-state index in [2.05, 4.69) is 0 Å². The minimum absolute atomic E-state index is 0.144. The monoisotopic (exact) mass is 442 g/mol. The maximum atomic E-state index is 13.0. The Hall–Kier alpha value is -3.83. The average molecular weight is 443 g/mol. The molecule has 0 spiro atoms. The van der Waals surface area contributed by atoms with Crippen LogP contribution in [0.5, 0.6) is 11.5 Å². The fourth-order valence-corrected chi connectivity index (χ4v) is 3.95. The number of ether oxygens (including phenoxy) is 2. The Morgan fingerprint density at radius 1 is 1.06 bits per heavy atom. The van der Waals surface area contributed by atoms with Crippen LogP contribution in [-0.4, -0.2) is 22.7 Å². The number of hydrogen-bond donors (Lipinski definition) is 0. The van der Waals surface area contributed by atoms with Crippen molar-refractivity contribution in [3.05, 3.63) is 100 Å². The third-order valence-electron chi connectivity index (χ3n) is 5.30. The molecule has 3 aromatic carbocycles. The van der Waals surface area contributed by atoms with E-state index < -0.39 is 0 Å². The number of nitrogens with zero attached hydrogens (tertiary/aromatic N) is 2. The summed E-state index contributed by atoms with van der Waals surface area (Å²) in [4.78, 5) is 13.0. The molecule has 2 heterocycles.